The molecule has 0 radical (unpaired) electrons. The SMILES string of the molecule is CCCCCCCCOc1ccc(C)c(CCCCCCCC)c1C(C)(C)C.OP(O)O. The summed E-state index contributed by atoms with van der Waals surface area (Å²) < 4.78 is 6.33. The van der Waals surface area contributed by atoms with Crippen LogP contribution in [0.1, 0.15) is 128 Å². The second-order valence-electron chi connectivity index (χ2n) is 9.89. The first-order chi connectivity index (χ1) is 15.1. The van der Waals surface area contributed by atoms with Crippen LogP contribution in [0.2, 0.25) is 0 Å². The van der Waals surface area contributed by atoms with E-state index in [4.69, 9.17) is 19.4 Å². The van der Waals surface area contributed by atoms with Crippen LogP contribution in [0.3, 0.4) is 0 Å². The summed E-state index contributed by atoms with van der Waals surface area (Å²) in [6.07, 6.45) is 17.2. The first kappa shape index (κ1) is 31.3. The molecule has 1 aromatic rings. The van der Waals surface area contributed by atoms with Crippen LogP contribution in [0.4, 0.5) is 0 Å². The lowest BCUT2D eigenvalue weighted by Gasteiger charge is -2.28. The molecule has 0 amide bonds. The molecule has 0 saturated heterocycles. The Morgan fingerprint density at radius 2 is 1.22 bits per heavy atom. The van der Waals surface area contributed by atoms with Crippen molar-refractivity contribution >= 4 is 8.60 Å². The van der Waals surface area contributed by atoms with Crippen molar-refractivity contribution in [3.05, 3.63) is 28.8 Å². The van der Waals surface area contributed by atoms with Gasteiger partial charge < -0.3 is 19.4 Å². The highest BCUT2D eigenvalue weighted by molar-refractivity contribution is 7.38. The summed E-state index contributed by atoms with van der Waals surface area (Å²) in [5.74, 6) is 1.13. The van der Waals surface area contributed by atoms with E-state index in [2.05, 4.69) is 53.7 Å². The zero-order valence-electron chi connectivity index (χ0n) is 21.8. The lowest BCUT2D eigenvalue weighted by molar-refractivity contribution is 0.296. The minimum Gasteiger partial charge on any atom is -0.493 e. The quantitative estimate of drug-likeness (QED) is 0.179. The molecule has 3 N–H and O–H groups in total. The highest BCUT2D eigenvalue weighted by Gasteiger charge is 2.24. The van der Waals surface area contributed by atoms with Gasteiger partial charge in [0.2, 0.25) is 0 Å². The Kier molecular flexibility index (Phi) is 18.3. The zero-order valence-corrected chi connectivity index (χ0v) is 22.6. The zero-order chi connectivity index (χ0) is 24.4. The third-order valence-electron chi connectivity index (χ3n) is 5.79. The van der Waals surface area contributed by atoms with Gasteiger partial charge in [0.15, 0.2) is 0 Å². The fourth-order valence-electron chi connectivity index (χ4n) is 4.14. The molecule has 32 heavy (non-hydrogen) atoms. The van der Waals surface area contributed by atoms with Gasteiger partial charge in [-0.3, -0.25) is 0 Å². The van der Waals surface area contributed by atoms with E-state index >= 15 is 0 Å². The lowest BCUT2D eigenvalue weighted by Crippen LogP contribution is -2.18. The largest absolute Gasteiger partial charge is 0.493 e. The molecule has 0 atom stereocenters. The van der Waals surface area contributed by atoms with Crippen LogP contribution in [-0.4, -0.2) is 21.3 Å². The number of hydrogen-bond donors (Lipinski definition) is 3. The van der Waals surface area contributed by atoms with Gasteiger partial charge in [0, 0.05) is 5.56 Å². The Morgan fingerprint density at radius 1 is 0.750 bits per heavy atom. The second kappa shape index (κ2) is 18.7. The number of benzene rings is 1. The predicted molar refractivity (Wildman–Crippen MR) is 139 cm³/mol. The Hall–Kier alpha value is -0.670. The maximum atomic E-state index is 7.23. The molecule has 0 spiro atoms. The maximum Gasteiger partial charge on any atom is 0.324 e. The molecule has 188 valence electrons. The number of aryl methyl sites for hydroxylation is 1. The molecular weight excluding hydrogens is 419 g/mol. The normalized spacial score (nSPS) is 11.4. The van der Waals surface area contributed by atoms with Gasteiger partial charge in [-0.2, -0.15) is 0 Å². The molecule has 1 aromatic carbocycles. The average molecular weight is 471 g/mol. The predicted octanol–water partition coefficient (Wildman–Crippen LogP) is 8.13. The lowest BCUT2D eigenvalue weighted by atomic mass is 9.80. The molecular formula is C27H51O4P. The van der Waals surface area contributed by atoms with Crippen molar-refractivity contribution in [2.75, 3.05) is 6.61 Å². The smallest absolute Gasteiger partial charge is 0.324 e. The van der Waals surface area contributed by atoms with Crippen molar-refractivity contribution in [1.29, 1.82) is 0 Å². The van der Waals surface area contributed by atoms with E-state index in [1.165, 1.54) is 94.6 Å². The summed E-state index contributed by atoms with van der Waals surface area (Å²) in [6.45, 7) is 14.7. The molecule has 0 unspecified atom stereocenters. The molecule has 1 rings (SSSR count). The standard InChI is InChI=1S/C27H48O.H3O3P/c1-7-9-11-13-15-17-19-24-23(3)20-21-25(26(24)27(4,5)6)28-22-18-16-14-12-10-8-2;1-4(2)3/h20-21H,7-19,22H2,1-6H3;1-3H. The Labute approximate surface area is 199 Å². The third-order valence-corrected chi connectivity index (χ3v) is 5.79. The summed E-state index contributed by atoms with van der Waals surface area (Å²) in [7, 11) is -2.62. The molecule has 0 aliphatic carbocycles. The first-order valence-electron chi connectivity index (χ1n) is 12.8. The van der Waals surface area contributed by atoms with Crippen LogP contribution < -0.4 is 4.74 Å². The fourth-order valence-corrected chi connectivity index (χ4v) is 4.14. The van der Waals surface area contributed by atoms with Crippen LogP contribution >= 0.6 is 8.60 Å². The van der Waals surface area contributed by atoms with Crippen molar-refractivity contribution in [3.63, 3.8) is 0 Å². The number of unbranched alkanes of at least 4 members (excludes halogenated alkanes) is 10. The van der Waals surface area contributed by atoms with Gasteiger partial charge in [-0.05, 0) is 48.8 Å². The Bertz CT molecular complexity index is 579. The highest BCUT2D eigenvalue weighted by atomic mass is 31.2. The molecule has 0 aromatic heterocycles. The number of hydrogen-bond acceptors (Lipinski definition) is 4. The molecule has 0 aliphatic heterocycles. The van der Waals surface area contributed by atoms with Crippen molar-refractivity contribution in [2.45, 2.75) is 130 Å². The monoisotopic (exact) mass is 470 g/mol. The van der Waals surface area contributed by atoms with E-state index in [0.29, 0.717) is 0 Å². The first-order valence-corrected chi connectivity index (χ1v) is 14.0. The minimum atomic E-state index is -2.62. The second-order valence-corrected chi connectivity index (χ2v) is 10.4. The number of ether oxygens (including phenoxy) is 1. The topological polar surface area (TPSA) is 69.9 Å². The third kappa shape index (κ3) is 15.2. The molecule has 0 fully saturated rings. The van der Waals surface area contributed by atoms with Crippen LogP contribution in [-0.2, 0) is 11.8 Å². The molecule has 0 aliphatic rings. The molecule has 0 bridgehead atoms. The van der Waals surface area contributed by atoms with Crippen molar-refractivity contribution in [2.24, 2.45) is 0 Å². The highest BCUT2D eigenvalue weighted by Crippen LogP contribution is 2.37. The summed E-state index contributed by atoms with van der Waals surface area (Å²) in [6, 6.07) is 4.50. The Morgan fingerprint density at radius 3 is 1.72 bits per heavy atom. The molecule has 0 heterocycles. The van der Waals surface area contributed by atoms with Gasteiger partial charge in [0.25, 0.3) is 0 Å². The number of rotatable bonds is 15. The van der Waals surface area contributed by atoms with Gasteiger partial charge in [-0.1, -0.05) is 105 Å². The van der Waals surface area contributed by atoms with E-state index in [-0.39, 0.29) is 5.41 Å². The van der Waals surface area contributed by atoms with E-state index < -0.39 is 8.60 Å². The molecule has 4 nitrogen and oxygen atoms in total. The van der Waals surface area contributed by atoms with Gasteiger partial charge in [-0.25, -0.2) is 0 Å². The minimum absolute atomic E-state index is 0.125. The summed E-state index contributed by atoms with van der Waals surface area (Å²) in [5, 5.41) is 0. The maximum absolute atomic E-state index is 7.23. The van der Waals surface area contributed by atoms with Gasteiger partial charge in [0.1, 0.15) is 5.75 Å². The van der Waals surface area contributed by atoms with Crippen LogP contribution in [0.15, 0.2) is 12.1 Å². The van der Waals surface area contributed by atoms with Crippen molar-refractivity contribution in [1.82, 2.24) is 0 Å². The van der Waals surface area contributed by atoms with Gasteiger partial charge >= 0.3 is 8.60 Å². The average Bonchev–Trinajstić information content (AvgIpc) is 2.70. The van der Waals surface area contributed by atoms with E-state index in [1.54, 1.807) is 5.56 Å². The van der Waals surface area contributed by atoms with E-state index in [0.717, 1.165) is 12.4 Å². The van der Waals surface area contributed by atoms with Crippen molar-refractivity contribution in [3.8, 4) is 5.75 Å². The van der Waals surface area contributed by atoms with Gasteiger partial charge in [0.05, 0.1) is 6.61 Å². The van der Waals surface area contributed by atoms with E-state index in [9.17, 15) is 0 Å². The summed E-state index contributed by atoms with van der Waals surface area (Å²) in [4.78, 5) is 21.7. The van der Waals surface area contributed by atoms with Crippen LogP contribution in [0.5, 0.6) is 5.75 Å². The fraction of sp³-hybridized carbons (Fsp3) is 0.778. The van der Waals surface area contributed by atoms with Gasteiger partial charge in [-0.15, -0.1) is 0 Å². The molecule has 0 saturated carbocycles. The van der Waals surface area contributed by atoms with E-state index in [1.807, 2.05) is 0 Å². The van der Waals surface area contributed by atoms with Crippen molar-refractivity contribution < 1.29 is 19.4 Å². The Balaban J connectivity index is 0.00000220. The summed E-state index contributed by atoms with van der Waals surface area (Å²) in [5.41, 5.74) is 4.56. The van der Waals surface area contributed by atoms with Crippen LogP contribution in [0, 0.1) is 6.92 Å². The summed E-state index contributed by atoms with van der Waals surface area (Å²) >= 11 is 0. The molecule has 5 heteroatoms. The van der Waals surface area contributed by atoms with Crippen LogP contribution in [0.25, 0.3) is 0 Å².